The molecule has 0 aliphatic rings. The second kappa shape index (κ2) is 8.95. The highest BCUT2D eigenvalue weighted by Crippen LogP contribution is 2.29. The molecule has 1 heterocycles. The molecule has 1 atom stereocenters. The third-order valence-corrected chi connectivity index (χ3v) is 4.65. The molecular formula is C24H28N2O3. The molecule has 5 heteroatoms. The smallest absolute Gasteiger partial charge is 0.219 e. The molecule has 0 radical (unpaired) electrons. The van der Waals surface area contributed by atoms with Crippen LogP contribution in [0.15, 0.2) is 48.5 Å². The third kappa shape index (κ3) is 5.47. The van der Waals surface area contributed by atoms with Crippen LogP contribution in [0.25, 0.3) is 10.9 Å². The van der Waals surface area contributed by atoms with Gasteiger partial charge in [0.25, 0.3) is 0 Å². The Morgan fingerprint density at radius 2 is 1.86 bits per heavy atom. The van der Waals surface area contributed by atoms with Gasteiger partial charge in [-0.2, -0.15) is 0 Å². The van der Waals surface area contributed by atoms with Gasteiger partial charge in [0.2, 0.25) is 11.8 Å². The summed E-state index contributed by atoms with van der Waals surface area (Å²) in [7, 11) is 0. The lowest BCUT2D eigenvalue weighted by Crippen LogP contribution is -2.24. The zero-order valence-electron chi connectivity index (χ0n) is 17.7. The van der Waals surface area contributed by atoms with Gasteiger partial charge in [-0.15, -0.1) is 0 Å². The van der Waals surface area contributed by atoms with Crippen molar-refractivity contribution in [2.45, 2.75) is 46.6 Å². The first kappa shape index (κ1) is 20.6. The number of rotatable bonds is 7. The van der Waals surface area contributed by atoms with Crippen LogP contribution < -0.4 is 14.8 Å². The minimum atomic E-state index is -0.0137. The molecule has 152 valence electrons. The van der Waals surface area contributed by atoms with Crippen LogP contribution in [0.2, 0.25) is 0 Å². The summed E-state index contributed by atoms with van der Waals surface area (Å²) in [6.45, 7) is 10.2. The van der Waals surface area contributed by atoms with Crippen molar-refractivity contribution in [1.29, 1.82) is 0 Å². The summed E-state index contributed by atoms with van der Waals surface area (Å²) in [6, 6.07) is 15.8. The first-order valence-electron chi connectivity index (χ1n) is 9.92. The lowest BCUT2D eigenvalue weighted by molar-refractivity contribution is -0.119. The Balaban J connectivity index is 1.76. The second-order valence-electron chi connectivity index (χ2n) is 7.64. The molecule has 29 heavy (non-hydrogen) atoms. The Kier molecular flexibility index (Phi) is 6.37. The van der Waals surface area contributed by atoms with Crippen LogP contribution in [0.3, 0.4) is 0 Å². The molecule has 1 N–H and O–H groups in total. The van der Waals surface area contributed by atoms with Gasteiger partial charge >= 0.3 is 0 Å². The maximum absolute atomic E-state index is 11.1. The normalized spacial score (nSPS) is 12.1. The van der Waals surface area contributed by atoms with Crippen LogP contribution in [-0.2, 0) is 4.79 Å². The minimum Gasteiger partial charge on any atom is -0.491 e. The zero-order valence-corrected chi connectivity index (χ0v) is 17.7. The minimum absolute atomic E-state index is 0.0137. The number of aryl methyl sites for hydroxylation is 1. The van der Waals surface area contributed by atoms with Crippen molar-refractivity contribution < 1.29 is 14.3 Å². The number of nitrogens with zero attached hydrogens (tertiary/aromatic N) is 1. The van der Waals surface area contributed by atoms with E-state index < -0.39 is 0 Å². The van der Waals surface area contributed by atoms with Crippen LogP contribution in [-0.4, -0.2) is 23.5 Å². The monoisotopic (exact) mass is 392 g/mol. The molecule has 0 aliphatic heterocycles. The van der Waals surface area contributed by atoms with Crippen LogP contribution in [0, 0.1) is 6.92 Å². The SMILES string of the molecule is CC(=O)NCC(C)c1ccc2nc(Oc3ccc(OC(C)C)cc3C)ccc2c1. The van der Waals surface area contributed by atoms with E-state index in [1.54, 1.807) is 0 Å². The number of nitrogens with one attached hydrogen (secondary N) is 1. The molecule has 5 nitrogen and oxygen atoms in total. The highest BCUT2D eigenvalue weighted by Gasteiger charge is 2.10. The molecule has 1 aromatic heterocycles. The van der Waals surface area contributed by atoms with E-state index in [2.05, 4.69) is 29.4 Å². The van der Waals surface area contributed by atoms with E-state index in [1.165, 1.54) is 12.5 Å². The number of fused-ring (bicyclic) bond motifs is 1. The van der Waals surface area contributed by atoms with E-state index in [0.29, 0.717) is 12.4 Å². The van der Waals surface area contributed by atoms with Gasteiger partial charge in [0.1, 0.15) is 11.5 Å². The molecule has 0 bridgehead atoms. The van der Waals surface area contributed by atoms with E-state index in [0.717, 1.165) is 28.0 Å². The molecule has 2 aromatic carbocycles. The lowest BCUT2D eigenvalue weighted by Gasteiger charge is -2.14. The Hall–Kier alpha value is -3.08. The summed E-state index contributed by atoms with van der Waals surface area (Å²) in [5.41, 5.74) is 3.03. The Bertz CT molecular complexity index is 1010. The summed E-state index contributed by atoms with van der Waals surface area (Å²) >= 11 is 0. The van der Waals surface area contributed by atoms with Crippen molar-refractivity contribution in [3.05, 3.63) is 59.7 Å². The standard InChI is InChI=1S/C24H28N2O3/c1-15(2)28-21-8-10-23(16(3)12-21)29-24-11-7-20-13-19(6-9-22(20)26-24)17(4)14-25-18(5)27/h6-13,15,17H,14H2,1-5H3,(H,25,27). The molecule has 3 aromatic rings. The first-order chi connectivity index (χ1) is 13.8. The van der Waals surface area contributed by atoms with Crippen molar-refractivity contribution in [3.8, 4) is 17.4 Å². The number of carbonyl (C=O) groups excluding carboxylic acids is 1. The summed E-state index contributed by atoms with van der Waals surface area (Å²) in [4.78, 5) is 15.8. The van der Waals surface area contributed by atoms with Crippen LogP contribution in [0.5, 0.6) is 17.4 Å². The largest absolute Gasteiger partial charge is 0.491 e. The van der Waals surface area contributed by atoms with Crippen molar-refractivity contribution in [2.75, 3.05) is 6.54 Å². The fraction of sp³-hybridized carbons (Fsp3) is 0.333. The van der Waals surface area contributed by atoms with Crippen molar-refractivity contribution in [1.82, 2.24) is 10.3 Å². The number of pyridine rings is 1. The number of carbonyl (C=O) groups is 1. The quantitative estimate of drug-likeness (QED) is 0.588. The number of amides is 1. The summed E-state index contributed by atoms with van der Waals surface area (Å²) in [6.07, 6.45) is 0.133. The van der Waals surface area contributed by atoms with Crippen molar-refractivity contribution in [2.24, 2.45) is 0 Å². The van der Waals surface area contributed by atoms with Crippen LogP contribution >= 0.6 is 0 Å². The third-order valence-electron chi connectivity index (χ3n) is 4.65. The Labute approximate surface area is 172 Å². The van der Waals surface area contributed by atoms with Gasteiger partial charge < -0.3 is 14.8 Å². The van der Waals surface area contributed by atoms with E-state index in [9.17, 15) is 4.79 Å². The fourth-order valence-corrected chi connectivity index (χ4v) is 3.10. The number of benzene rings is 2. The highest BCUT2D eigenvalue weighted by molar-refractivity contribution is 5.80. The van der Waals surface area contributed by atoms with Gasteiger partial charge in [0.15, 0.2) is 0 Å². The maximum Gasteiger partial charge on any atom is 0.219 e. The molecule has 0 fully saturated rings. The first-order valence-corrected chi connectivity index (χ1v) is 9.92. The van der Waals surface area contributed by atoms with Crippen molar-refractivity contribution >= 4 is 16.8 Å². The summed E-state index contributed by atoms with van der Waals surface area (Å²) < 4.78 is 11.7. The number of aromatic nitrogens is 1. The van der Waals surface area contributed by atoms with E-state index in [-0.39, 0.29) is 17.9 Å². The molecule has 0 saturated carbocycles. The maximum atomic E-state index is 11.1. The zero-order chi connectivity index (χ0) is 21.0. The van der Waals surface area contributed by atoms with Crippen LogP contribution in [0.1, 0.15) is 44.7 Å². The Morgan fingerprint density at radius 3 is 2.55 bits per heavy atom. The second-order valence-corrected chi connectivity index (χ2v) is 7.64. The Morgan fingerprint density at radius 1 is 1.07 bits per heavy atom. The van der Waals surface area contributed by atoms with E-state index in [4.69, 9.17) is 9.47 Å². The van der Waals surface area contributed by atoms with Gasteiger partial charge in [0, 0.05) is 24.9 Å². The van der Waals surface area contributed by atoms with Crippen molar-refractivity contribution in [3.63, 3.8) is 0 Å². The van der Waals surface area contributed by atoms with Gasteiger partial charge in [-0.05, 0) is 74.2 Å². The highest BCUT2D eigenvalue weighted by atomic mass is 16.5. The predicted octanol–water partition coefficient (Wildman–Crippen LogP) is 5.36. The van der Waals surface area contributed by atoms with Gasteiger partial charge in [-0.25, -0.2) is 4.98 Å². The molecule has 0 saturated heterocycles. The summed E-state index contributed by atoms with van der Waals surface area (Å²) in [5, 5.41) is 3.91. The van der Waals surface area contributed by atoms with E-state index >= 15 is 0 Å². The number of hydrogen-bond donors (Lipinski definition) is 1. The topological polar surface area (TPSA) is 60.5 Å². The molecular weight excluding hydrogens is 364 g/mol. The average Bonchev–Trinajstić information content (AvgIpc) is 2.67. The van der Waals surface area contributed by atoms with Gasteiger partial charge in [-0.1, -0.05) is 13.0 Å². The molecule has 3 rings (SSSR count). The lowest BCUT2D eigenvalue weighted by atomic mass is 9.99. The van der Waals surface area contributed by atoms with Crippen LogP contribution in [0.4, 0.5) is 0 Å². The molecule has 0 spiro atoms. The van der Waals surface area contributed by atoms with Gasteiger partial charge in [-0.3, -0.25) is 4.79 Å². The predicted molar refractivity (Wildman–Crippen MR) is 116 cm³/mol. The number of hydrogen-bond acceptors (Lipinski definition) is 4. The molecule has 1 unspecified atom stereocenters. The molecule has 0 aliphatic carbocycles. The molecule has 1 amide bonds. The summed E-state index contributed by atoms with van der Waals surface area (Å²) in [5.74, 6) is 2.36. The van der Waals surface area contributed by atoms with E-state index in [1.807, 2.05) is 57.2 Å². The number of ether oxygens (including phenoxy) is 2. The average molecular weight is 392 g/mol. The van der Waals surface area contributed by atoms with Gasteiger partial charge in [0.05, 0.1) is 11.6 Å². The fourth-order valence-electron chi connectivity index (χ4n) is 3.10.